The first kappa shape index (κ1) is 12.7. The van der Waals surface area contributed by atoms with E-state index < -0.39 is 0 Å². The topological polar surface area (TPSA) is 27.0 Å². The fourth-order valence-electron chi connectivity index (χ4n) is 0.299. The summed E-state index contributed by atoms with van der Waals surface area (Å²) >= 11 is 0. The van der Waals surface area contributed by atoms with Crippen LogP contribution in [-0.2, 0) is 0 Å². The molecule has 1 aromatic heterocycles. The smallest absolute Gasteiger partial charge is 0.582 e. The largest absolute Gasteiger partial charge is 1.00 e. The maximum Gasteiger partial charge on any atom is 1.00 e. The van der Waals surface area contributed by atoms with E-state index in [0.29, 0.717) is 0 Å². The van der Waals surface area contributed by atoms with E-state index >= 15 is 0 Å². The molecule has 3 heteroatoms. The zero-order valence-electron chi connectivity index (χ0n) is 6.55. The van der Waals surface area contributed by atoms with Gasteiger partial charge in [-0.25, -0.2) is 0 Å². The van der Waals surface area contributed by atoms with Gasteiger partial charge in [-0.05, 0) is 6.92 Å². The zero-order valence-corrected chi connectivity index (χ0v) is 11.5. The van der Waals surface area contributed by atoms with Crippen molar-refractivity contribution in [1.82, 2.24) is 10.2 Å². The van der Waals surface area contributed by atoms with Crippen LogP contribution in [0.5, 0.6) is 0 Å². The van der Waals surface area contributed by atoms with Gasteiger partial charge in [0.15, 0.2) is 0 Å². The molecule has 0 saturated heterocycles. The molecule has 0 N–H and O–H groups in total. The maximum absolute atomic E-state index is 3.67. The van der Waals surface area contributed by atoms with Gasteiger partial charge in [-0.15, -0.1) is 0 Å². The number of rotatable bonds is 0. The summed E-state index contributed by atoms with van der Waals surface area (Å²) in [6.07, 6.45) is 1.68. The third-order valence-electron chi connectivity index (χ3n) is 0.598. The zero-order chi connectivity index (χ0) is 6.41. The molecule has 2 nitrogen and oxygen atoms in total. The quantitative estimate of drug-likeness (QED) is 0.499. The summed E-state index contributed by atoms with van der Waals surface area (Å²) < 4.78 is 0. The van der Waals surface area contributed by atoms with E-state index in [4.69, 9.17) is 0 Å². The van der Waals surface area contributed by atoms with Crippen LogP contribution in [-0.4, -0.2) is 5.10 Å². The van der Waals surface area contributed by atoms with Crippen molar-refractivity contribution in [2.75, 3.05) is 0 Å². The first-order valence-corrected chi connectivity index (χ1v) is 2.80. The minimum atomic E-state index is 0. The Kier molecular flexibility index (Phi) is 12.7. The minimum Gasteiger partial charge on any atom is -0.582 e. The second-order valence-electron chi connectivity index (χ2n) is 1.17. The molecule has 0 aromatic carbocycles. The Morgan fingerprint density at radius 2 is 2.00 bits per heavy atom. The first-order valence-electron chi connectivity index (χ1n) is 2.80. The predicted molar refractivity (Wildman–Crippen MR) is 33.6 cm³/mol. The van der Waals surface area contributed by atoms with Crippen LogP contribution in [0.1, 0.15) is 19.5 Å². The van der Waals surface area contributed by atoms with E-state index in [1.165, 1.54) is 0 Å². The van der Waals surface area contributed by atoms with E-state index in [1.807, 2.05) is 26.8 Å². The Balaban J connectivity index is 0. The molecule has 46 valence electrons. The Bertz CT molecular complexity index is 115. The van der Waals surface area contributed by atoms with Crippen LogP contribution in [0.25, 0.3) is 0 Å². The summed E-state index contributed by atoms with van der Waals surface area (Å²) in [6, 6.07) is 1.86. The van der Waals surface area contributed by atoms with E-state index in [2.05, 4.69) is 10.2 Å². The molecule has 0 bridgehead atoms. The molecule has 1 aromatic rings. The van der Waals surface area contributed by atoms with E-state index in [-0.39, 0.29) is 58.2 Å². The Morgan fingerprint density at radius 3 is 2.11 bits per heavy atom. The van der Waals surface area contributed by atoms with E-state index in [9.17, 15) is 0 Å². The van der Waals surface area contributed by atoms with Gasteiger partial charge in [0.25, 0.3) is 0 Å². The average Bonchev–Trinajstić information content (AvgIpc) is 2.24. The molecule has 0 radical (unpaired) electrons. The Hall–Kier alpha value is 1.02. The van der Waals surface area contributed by atoms with Gasteiger partial charge < -0.3 is 10.2 Å². The van der Waals surface area contributed by atoms with Crippen molar-refractivity contribution in [2.45, 2.75) is 20.8 Å². The summed E-state index contributed by atoms with van der Waals surface area (Å²) in [5.41, 5.74) is 0.981. The van der Waals surface area contributed by atoms with Crippen molar-refractivity contribution in [3.05, 3.63) is 18.0 Å². The van der Waals surface area contributed by atoms with Gasteiger partial charge in [-0.2, -0.15) is 6.20 Å². The number of nitrogens with zero attached hydrogens (tertiary/aromatic N) is 2. The second kappa shape index (κ2) is 9.02. The summed E-state index contributed by atoms with van der Waals surface area (Å²) in [5, 5.41) is 7.24. The van der Waals surface area contributed by atoms with Gasteiger partial charge in [0.05, 0.1) is 0 Å². The average molecular weight is 197 g/mol. The molecule has 1 rings (SSSR count). The fraction of sp³-hybridized carbons (Fsp3) is 0.500. The monoisotopic (exact) mass is 196 g/mol. The van der Waals surface area contributed by atoms with Gasteiger partial charge in [-0.3, -0.25) is 0 Å². The van der Waals surface area contributed by atoms with Crippen molar-refractivity contribution in [1.29, 1.82) is 0 Å². The van der Waals surface area contributed by atoms with Gasteiger partial charge in [0.2, 0.25) is 0 Å². The summed E-state index contributed by atoms with van der Waals surface area (Å²) in [5.74, 6) is 0. The van der Waals surface area contributed by atoms with Crippen LogP contribution in [0.2, 0.25) is 0 Å². The minimum absolute atomic E-state index is 0. The molecule has 0 unspecified atom stereocenters. The number of aromatic nitrogens is 2. The number of hydrogen-bond acceptors (Lipinski definition) is 1. The molecule has 0 aliphatic rings. The van der Waals surface area contributed by atoms with Crippen LogP contribution < -0.4 is 63.3 Å². The predicted octanol–water partition coefficient (Wildman–Crippen LogP) is -1.62. The van der Waals surface area contributed by atoms with Crippen molar-refractivity contribution in [3.8, 4) is 0 Å². The number of aryl methyl sites for hydroxylation is 1. The fourth-order valence-corrected chi connectivity index (χ4v) is 0.299. The molecule has 0 spiro atoms. The van der Waals surface area contributed by atoms with Crippen LogP contribution in [0.4, 0.5) is 0 Å². The molecule has 0 amide bonds. The molecular formula is C6H11N2Rb. The van der Waals surface area contributed by atoms with Crippen molar-refractivity contribution in [3.63, 3.8) is 0 Å². The number of hydrogen-bond donors (Lipinski definition) is 0. The van der Waals surface area contributed by atoms with Crippen molar-refractivity contribution in [2.24, 2.45) is 0 Å². The molecule has 9 heavy (non-hydrogen) atoms. The van der Waals surface area contributed by atoms with Gasteiger partial charge >= 0.3 is 58.2 Å². The van der Waals surface area contributed by atoms with Crippen LogP contribution in [0.3, 0.4) is 0 Å². The normalized spacial score (nSPS) is 6.56. The third-order valence-corrected chi connectivity index (χ3v) is 0.598. The SMILES string of the molecule is CC.Cc1cc[n-]n1.[Rb+]. The molecule has 0 aliphatic heterocycles. The Morgan fingerprint density at radius 1 is 1.44 bits per heavy atom. The Labute approximate surface area is 105 Å². The molecule has 0 fully saturated rings. The molecule has 0 aliphatic carbocycles. The van der Waals surface area contributed by atoms with Crippen LogP contribution >= 0.6 is 0 Å². The van der Waals surface area contributed by atoms with E-state index in [1.54, 1.807) is 6.20 Å². The van der Waals surface area contributed by atoms with Gasteiger partial charge in [0, 0.05) is 5.69 Å². The molecule has 0 atom stereocenters. The summed E-state index contributed by atoms with van der Waals surface area (Å²) in [4.78, 5) is 0. The molecule has 1 heterocycles. The second-order valence-corrected chi connectivity index (χ2v) is 1.17. The van der Waals surface area contributed by atoms with E-state index in [0.717, 1.165) is 5.69 Å². The van der Waals surface area contributed by atoms with Crippen molar-refractivity contribution >= 4 is 0 Å². The third kappa shape index (κ3) is 6.91. The maximum atomic E-state index is 3.67. The van der Waals surface area contributed by atoms with Gasteiger partial charge in [-0.1, -0.05) is 19.9 Å². The summed E-state index contributed by atoms with van der Waals surface area (Å²) in [7, 11) is 0. The molecule has 0 saturated carbocycles. The molecular weight excluding hydrogens is 186 g/mol. The standard InChI is InChI=1S/C4H5N2.C2H6.Rb/c1-4-2-3-5-6-4;1-2;/h2-3H,1H3;1-2H3;/q-1;;+1. The summed E-state index contributed by atoms with van der Waals surface area (Å²) in [6.45, 7) is 5.91. The van der Waals surface area contributed by atoms with Crippen molar-refractivity contribution < 1.29 is 58.2 Å². The van der Waals surface area contributed by atoms with Crippen LogP contribution in [0.15, 0.2) is 12.3 Å². The van der Waals surface area contributed by atoms with Gasteiger partial charge in [0.1, 0.15) is 0 Å². The first-order chi connectivity index (χ1) is 3.89. The van der Waals surface area contributed by atoms with Crippen LogP contribution in [0, 0.1) is 6.92 Å².